The summed E-state index contributed by atoms with van der Waals surface area (Å²) < 4.78 is 3.24. The van der Waals surface area contributed by atoms with E-state index >= 15 is 0 Å². The summed E-state index contributed by atoms with van der Waals surface area (Å²) >= 11 is 5.16. The molecule has 0 fully saturated rings. The van der Waals surface area contributed by atoms with E-state index in [4.69, 9.17) is 4.98 Å². The summed E-state index contributed by atoms with van der Waals surface area (Å²) in [5.74, 6) is 0.866. The van der Waals surface area contributed by atoms with Gasteiger partial charge in [-0.3, -0.25) is 9.36 Å². The average Bonchev–Trinajstić information content (AvgIpc) is 3.36. The summed E-state index contributed by atoms with van der Waals surface area (Å²) in [6.45, 7) is 0.646. The average molecular weight is 583 g/mol. The van der Waals surface area contributed by atoms with Crippen molar-refractivity contribution < 1.29 is 4.79 Å². The van der Waals surface area contributed by atoms with Crippen molar-refractivity contribution in [2.24, 2.45) is 0 Å². The van der Waals surface area contributed by atoms with Crippen LogP contribution in [0.2, 0.25) is 0 Å². The van der Waals surface area contributed by atoms with Crippen LogP contribution in [0.15, 0.2) is 125 Å². The van der Waals surface area contributed by atoms with Crippen molar-refractivity contribution in [3.63, 3.8) is 0 Å². The Morgan fingerprint density at radius 1 is 0.763 bits per heavy atom. The van der Waals surface area contributed by atoms with Gasteiger partial charge in [-0.2, -0.15) is 0 Å². The number of amides is 1. The van der Waals surface area contributed by atoms with Crippen molar-refractivity contribution in [1.82, 2.24) is 14.9 Å². The Bertz CT molecular complexity index is 1470. The van der Waals surface area contributed by atoms with Gasteiger partial charge in [-0.25, -0.2) is 4.98 Å². The molecule has 190 valence electrons. The van der Waals surface area contributed by atoms with Crippen LogP contribution in [0.3, 0.4) is 0 Å². The molecule has 5 rings (SSSR count). The lowest BCUT2D eigenvalue weighted by Gasteiger charge is -2.13. The van der Waals surface area contributed by atoms with E-state index in [-0.39, 0.29) is 5.91 Å². The summed E-state index contributed by atoms with van der Waals surface area (Å²) in [6, 6.07) is 38.7. The van der Waals surface area contributed by atoms with Crippen LogP contribution < -0.4 is 5.32 Å². The Kier molecular flexibility index (Phi) is 8.74. The number of hydrogen-bond donors (Lipinski definition) is 1. The zero-order chi connectivity index (χ0) is 26.2. The summed E-state index contributed by atoms with van der Waals surface area (Å²) in [7, 11) is 0. The molecule has 0 aliphatic carbocycles. The fourth-order valence-corrected chi connectivity index (χ4v) is 5.55. The first-order chi connectivity index (χ1) is 18.7. The Morgan fingerprint density at radius 3 is 2.03 bits per heavy atom. The number of thioether (sulfide) groups is 1. The number of aromatic nitrogens is 2. The molecule has 0 spiro atoms. The lowest BCUT2D eigenvalue weighted by molar-refractivity contribution is 0.0953. The first-order valence-corrected chi connectivity index (χ1v) is 14.4. The van der Waals surface area contributed by atoms with E-state index in [9.17, 15) is 4.79 Å². The number of carbonyl (C=O) groups excluding carboxylic acids is 1. The maximum absolute atomic E-state index is 12.4. The van der Waals surface area contributed by atoms with Gasteiger partial charge in [0.05, 0.1) is 11.4 Å². The predicted molar refractivity (Wildman–Crippen MR) is 161 cm³/mol. The fraction of sp³-hybridized carbons (Fsp3) is 0.125. The molecule has 0 atom stereocenters. The highest BCUT2D eigenvalue weighted by atomic mass is 79.9. The lowest BCUT2D eigenvalue weighted by atomic mass is 10.0. The van der Waals surface area contributed by atoms with Gasteiger partial charge in [0.2, 0.25) is 0 Å². The molecule has 0 unspecified atom stereocenters. The molecule has 6 heteroatoms. The van der Waals surface area contributed by atoms with Gasteiger partial charge in [0.25, 0.3) is 5.91 Å². The molecule has 0 bridgehead atoms. The smallest absolute Gasteiger partial charge is 0.251 e. The third-order valence-electron chi connectivity index (χ3n) is 6.15. The number of benzene rings is 4. The van der Waals surface area contributed by atoms with Gasteiger partial charge in [0.15, 0.2) is 5.16 Å². The molecule has 1 heterocycles. The van der Waals surface area contributed by atoms with Crippen LogP contribution in [0.1, 0.15) is 23.2 Å². The summed E-state index contributed by atoms with van der Waals surface area (Å²) in [5, 5.41) is 3.99. The van der Waals surface area contributed by atoms with Crippen molar-refractivity contribution in [1.29, 1.82) is 0 Å². The van der Waals surface area contributed by atoms with E-state index in [1.165, 1.54) is 0 Å². The van der Waals surface area contributed by atoms with Crippen molar-refractivity contribution in [2.45, 2.75) is 18.0 Å². The van der Waals surface area contributed by atoms with Crippen LogP contribution >= 0.6 is 27.7 Å². The van der Waals surface area contributed by atoms with Crippen LogP contribution in [0.4, 0.5) is 0 Å². The third kappa shape index (κ3) is 6.26. The van der Waals surface area contributed by atoms with E-state index in [0.29, 0.717) is 12.1 Å². The topological polar surface area (TPSA) is 46.9 Å². The molecular weight excluding hydrogens is 554 g/mol. The van der Waals surface area contributed by atoms with E-state index in [1.54, 1.807) is 11.8 Å². The van der Waals surface area contributed by atoms with Gasteiger partial charge in [-0.05, 0) is 49.2 Å². The Hall–Kier alpha value is -3.61. The number of halogens is 1. The number of unbranched alkanes of at least 4 members (excludes halogenated alkanes) is 1. The predicted octanol–water partition coefficient (Wildman–Crippen LogP) is 8.27. The molecule has 38 heavy (non-hydrogen) atoms. The highest BCUT2D eigenvalue weighted by molar-refractivity contribution is 9.10. The van der Waals surface area contributed by atoms with Gasteiger partial charge in [0, 0.05) is 39.1 Å². The first-order valence-electron chi connectivity index (χ1n) is 12.7. The second-order valence-electron chi connectivity index (χ2n) is 8.81. The van der Waals surface area contributed by atoms with Crippen molar-refractivity contribution in [3.05, 3.63) is 125 Å². The lowest BCUT2D eigenvalue weighted by Crippen LogP contribution is -2.24. The van der Waals surface area contributed by atoms with Gasteiger partial charge in [-0.1, -0.05) is 107 Å². The molecule has 5 aromatic rings. The molecule has 1 N–H and O–H groups in total. The Morgan fingerprint density at radius 2 is 1.37 bits per heavy atom. The van der Waals surface area contributed by atoms with Crippen LogP contribution in [0.25, 0.3) is 28.2 Å². The number of hydrogen-bond acceptors (Lipinski definition) is 3. The number of para-hydroxylation sites is 1. The van der Waals surface area contributed by atoms with E-state index in [1.807, 2.05) is 42.5 Å². The molecule has 1 aromatic heterocycles. The van der Waals surface area contributed by atoms with Gasteiger partial charge >= 0.3 is 0 Å². The fourth-order valence-electron chi connectivity index (χ4n) is 4.27. The Balaban J connectivity index is 1.34. The van der Waals surface area contributed by atoms with E-state index in [2.05, 4.69) is 98.6 Å². The third-order valence-corrected chi connectivity index (χ3v) is 7.70. The van der Waals surface area contributed by atoms with Gasteiger partial charge < -0.3 is 5.32 Å². The second-order valence-corrected chi connectivity index (χ2v) is 10.8. The molecule has 0 aliphatic rings. The number of nitrogens with one attached hydrogen (secondary N) is 1. The molecule has 0 saturated carbocycles. The minimum Gasteiger partial charge on any atom is -0.352 e. The van der Waals surface area contributed by atoms with E-state index in [0.717, 1.165) is 56.4 Å². The standard InChI is InChI=1S/C32H28BrN3OS/c33-27-20-18-26(19-21-27)31(37)34-22-10-11-23-38-32-35-29(24-12-4-1-5-13-24)30(25-14-6-2-7-15-25)36(32)28-16-8-3-9-17-28/h1-9,12-21H,10-11,22-23H2,(H,34,37). The molecule has 1 amide bonds. The molecular formula is C32H28BrN3OS. The largest absolute Gasteiger partial charge is 0.352 e. The van der Waals surface area contributed by atoms with Crippen LogP contribution in [0, 0.1) is 0 Å². The van der Waals surface area contributed by atoms with Crippen molar-refractivity contribution in [3.8, 4) is 28.2 Å². The monoisotopic (exact) mass is 581 g/mol. The highest BCUT2D eigenvalue weighted by Crippen LogP contribution is 2.38. The minimum absolute atomic E-state index is 0.0372. The summed E-state index contributed by atoms with van der Waals surface area (Å²) in [5.41, 5.74) is 6.06. The van der Waals surface area contributed by atoms with Crippen LogP contribution in [0.5, 0.6) is 0 Å². The highest BCUT2D eigenvalue weighted by Gasteiger charge is 2.21. The minimum atomic E-state index is -0.0372. The summed E-state index contributed by atoms with van der Waals surface area (Å²) in [4.78, 5) is 17.6. The van der Waals surface area contributed by atoms with Gasteiger partial charge in [-0.15, -0.1) is 0 Å². The maximum atomic E-state index is 12.4. The zero-order valence-corrected chi connectivity index (χ0v) is 23.3. The SMILES string of the molecule is O=C(NCCCCSc1nc(-c2ccccc2)c(-c2ccccc2)n1-c1ccccc1)c1ccc(Br)cc1. The zero-order valence-electron chi connectivity index (χ0n) is 20.9. The van der Waals surface area contributed by atoms with Crippen LogP contribution in [-0.2, 0) is 0 Å². The number of carbonyl (C=O) groups is 1. The first kappa shape index (κ1) is 26.0. The molecule has 4 aromatic carbocycles. The Labute approximate surface area is 236 Å². The number of imidazole rings is 1. The summed E-state index contributed by atoms with van der Waals surface area (Å²) in [6.07, 6.45) is 1.87. The van der Waals surface area contributed by atoms with Crippen molar-refractivity contribution in [2.75, 3.05) is 12.3 Å². The van der Waals surface area contributed by atoms with Crippen LogP contribution in [-0.4, -0.2) is 27.8 Å². The normalized spacial score (nSPS) is 10.9. The number of rotatable bonds is 10. The second kappa shape index (κ2) is 12.8. The van der Waals surface area contributed by atoms with Crippen molar-refractivity contribution >= 4 is 33.6 Å². The maximum Gasteiger partial charge on any atom is 0.251 e. The molecule has 0 radical (unpaired) electrons. The van der Waals surface area contributed by atoms with Gasteiger partial charge in [0.1, 0.15) is 0 Å². The quantitative estimate of drug-likeness (QED) is 0.133. The number of nitrogens with zero attached hydrogens (tertiary/aromatic N) is 2. The molecule has 0 aliphatic heterocycles. The van der Waals surface area contributed by atoms with E-state index < -0.39 is 0 Å². The molecule has 0 saturated heterocycles. The molecule has 4 nitrogen and oxygen atoms in total.